The predicted octanol–water partition coefficient (Wildman–Crippen LogP) is 3.28. The van der Waals surface area contributed by atoms with E-state index in [0.717, 1.165) is 11.8 Å². The second kappa shape index (κ2) is 8.90. The van der Waals surface area contributed by atoms with Crippen molar-refractivity contribution in [2.24, 2.45) is 16.5 Å². The number of halogens is 3. The van der Waals surface area contributed by atoms with Crippen molar-refractivity contribution >= 4 is 5.84 Å². The first-order valence-electron chi connectivity index (χ1n) is 10.5. The molecule has 3 rings (SSSR count). The molecule has 0 aliphatic carbocycles. The number of alkyl halides is 3. The van der Waals surface area contributed by atoms with Crippen LogP contribution < -0.4 is 16.8 Å². The van der Waals surface area contributed by atoms with Crippen molar-refractivity contribution in [3.63, 3.8) is 0 Å². The van der Waals surface area contributed by atoms with E-state index in [4.69, 9.17) is 11.5 Å². The van der Waals surface area contributed by atoms with Crippen LogP contribution in [0.5, 0.6) is 0 Å². The molecule has 0 amide bonds. The summed E-state index contributed by atoms with van der Waals surface area (Å²) >= 11 is 0. The highest BCUT2D eigenvalue weighted by molar-refractivity contribution is 6.01. The van der Waals surface area contributed by atoms with Crippen molar-refractivity contribution < 1.29 is 18.3 Å². The molecule has 32 heavy (non-hydrogen) atoms. The Bertz CT molecular complexity index is 991. The number of likely N-dealkylation sites (tertiary alicyclic amines) is 1. The van der Waals surface area contributed by atoms with E-state index in [-0.39, 0.29) is 17.9 Å². The van der Waals surface area contributed by atoms with Crippen molar-refractivity contribution in [3.8, 4) is 0 Å². The van der Waals surface area contributed by atoms with E-state index in [1.165, 1.54) is 13.0 Å². The molecule has 0 atom stereocenters. The molecule has 1 aromatic carbocycles. The summed E-state index contributed by atoms with van der Waals surface area (Å²) in [5, 5.41) is 13.4. The summed E-state index contributed by atoms with van der Waals surface area (Å²) in [6.07, 6.45) is 0.574. The molecule has 1 fully saturated rings. The molecular formula is C23H30F3N5O. The van der Waals surface area contributed by atoms with Crippen LogP contribution in [0.4, 0.5) is 13.2 Å². The van der Waals surface area contributed by atoms with Crippen LogP contribution in [0.3, 0.4) is 0 Å². The van der Waals surface area contributed by atoms with Crippen LogP contribution in [0.1, 0.15) is 43.4 Å². The van der Waals surface area contributed by atoms with Gasteiger partial charge in [-0.2, -0.15) is 13.2 Å². The van der Waals surface area contributed by atoms with Gasteiger partial charge in [-0.25, -0.2) is 0 Å². The normalized spacial score (nSPS) is 21.0. The van der Waals surface area contributed by atoms with E-state index in [1.54, 1.807) is 13.0 Å². The van der Waals surface area contributed by atoms with Gasteiger partial charge in [-0.3, -0.25) is 4.99 Å². The Balaban J connectivity index is 1.86. The van der Waals surface area contributed by atoms with E-state index in [0.29, 0.717) is 48.5 Å². The zero-order chi connectivity index (χ0) is 23.7. The predicted molar refractivity (Wildman–Crippen MR) is 119 cm³/mol. The van der Waals surface area contributed by atoms with E-state index in [1.807, 2.05) is 19.2 Å². The minimum atomic E-state index is -4.42. The molecular weight excluding hydrogens is 419 g/mol. The van der Waals surface area contributed by atoms with Gasteiger partial charge in [-0.15, -0.1) is 0 Å². The van der Waals surface area contributed by atoms with Crippen LogP contribution in [0, 0.1) is 6.92 Å². The fourth-order valence-corrected chi connectivity index (χ4v) is 3.86. The van der Waals surface area contributed by atoms with Gasteiger partial charge in [0, 0.05) is 30.6 Å². The van der Waals surface area contributed by atoms with Gasteiger partial charge in [0.15, 0.2) is 0 Å². The minimum absolute atomic E-state index is 0.0153. The number of benzene rings is 1. The van der Waals surface area contributed by atoms with E-state index >= 15 is 0 Å². The molecule has 6 nitrogen and oxygen atoms in total. The summed E-state index contributed by atoms with van der Waals surface area (Å²) in [5.41, 5.74) is 14.1. The van der Waals surface area contributed by atoms with Crippen molar-refractivity contribution in [3.05, 3.63) is 69.8 Å². The number of dihydropyridines is 1. The highest BCUT2D eigenvalue weighted by Crippen LogP contribution is 2.33. The van der Waals surface area contributed by atoms with Crippen LogP contribution in [-0.4, -0.2) is 34.5 Å². The molecule has 0 spiro atoms. The number of nitrogens with zero attached hydrogens (tertiary/aromatic N) is 2. The third kappa shape index (κ3) is 5.27. The number of amidine groups is 1. The van der Waals surface area contributed by atoms with Gasteiger partial charge >= 0.3 is 6.18 Å². The first-order chi connectivity index (χ1) is 14.9. The number of hydrogen-bond donors (Lipinski definition) is 4. The van der Waals surface area contributed by atoms with Gasteiger partial charge in [0.1, 0.15) is 5.84 Å². The highest BCUT2D eigenvalue weighted by atomic mass is 19.4. The van der Waals surface area contributed by atoms with E-state index < -0.39 is 17.3 Å². The van der Waals surface area contributed by atoms with Crippen molar-refractivity contribution in [1.29, 1.82) is 0 Å². The summed E-state index contributed by atoms with van der Waals surface area (Å²) in [6, 6.07) is 4.05. The van der Waals surface area contributed by atoms with Gasteiger partial charge in [0.25, 0.3) is 0 Å². The number of nitrogens with two attached hydrogens (primary N) is 2. The number of nitrogens with one attached hydrogen (secondary N) is 1. The quantitative estimate of drug-likeness (QED) is 0.418. The minimum Gasteiger partial charge on any atom is -0.401 e. The fourth-order valence-electron chi connectivity index (χ4n) is 3.86. The first-order valence-corrected chi connectivity index (χ1v) is 10.5. The molecule has 2 heterocycles. The van der Waals surface area contributed by atoms with Gasteiger partial charge in [-0.05, 0) is 56.9 Å². The molecule has 1 saturated heterocycles. The molecule has 0 radical (unpaired) electrons. The number of aliphatic imine (C=N–C) groups is 1. The van der Waals surface area contributed by atoms with Crippen LogP contribution >= 0.6 is 0 Å². The largest absolute Gasteiger partial charge is 0.416 e. The lowest BCUT2D eigenvalue weighted by atomic mass is 9.93. The molecule has 2 aliphatic rings. The summed E-state index contributed by atoms with van der Waals surface area (Å²) < 4.78 is 39.6. The average Bonchev–Trinajstić information content (AvgIpc) is 2.71. The molecule has 2 aliphatic heterocycles. The standard InChI is InChI=1S/C23H30F3N5O/c1-14-16(5-4-6-19(14)23(24,25)26)12-30-21(28)18-11-17(13-29-20(18)15(2)27)31-9-7-22(3,32)8-10-31/h4-6,11,13,29,32H,7-10,12,27H2,1-3H3,(H2,28,30)/b20-15+. The molecule has 9 heteroatoms. The Morgan fingerprint density at radius 3 is 2.50 bits per heavy atom. The highest BCUT2D eigenvalue weighted by Gasteiger charge is 2.33. The maximum Gasteiger partial charge on any atom is 0.416 e. The third-order valence-corrected chi connectivity index (χ3v) is 5.97. The number of rotatable bonds is 4. The summed E-state index contributed by atoms with van der Waals surface area (Å²) in [6.45, 7) is 6.39. The Hall–Kier alpha value is -2.94. The second-order valence-corrected chi connectivity index (χ2v) is 8.60. The van der Waals surface area contributed by atoms with Gasteiger partial charge in [0.2, 0.25) is 0 Å². The monoisotopic (exact) mass is 449 g/mol. The number of hydrogen-bond acceptors (Lipinski definition) is 5. The molecule has 0 saturated carbocycles. The van der Waals surface area contributed by atoms with Gasteiger partial charge in [-0.1, -0.05) is 12.1 Å². The lowest BCUT2D eigenvalue weighted by Gasteiger charge is -2.38. The lowest BCUT2D eigenvalue weighted by molar-refractivity contribution is -0.138. The summed E-state index contributed by atoms with van der Waals surface area (Å²) in [5.74, 6) is 0.184. The molecule has 0 unspecified atom stereocenters. The zero-order valence-corrected chi connectivity index (χ0v) is 18.6. The average molecular weight is 450 g/mol. The Morgan fingerprint density at radius 2 is 1.91 bits per heavy atom. The molecule has 174 valence electrons. The number of aliphatic hydroxyl groups is 1. The van der Waals surface area contributed by atoms with E-state index in [2.05, 4.69) is 15.2 Å². The second-order valence-electron chi connectivity index (χ2n) is 8.60. The first kappa shape index (κ1) is 23.7. The zero-order valence-electron chi connectivity index (χ0n) is 18.6. The van der Waals surface area contributed by atoms with Crippen LogP contribution in [0.15, 0.2) is 58.1 Å². The Morgan fingerprint density at radius 1 is 1.25 bits per heavy atom. The third-order valence-electron chi connectivity index (χ3n) is 5.97. The lowest BCUT2D eigenvalue weighted by Crippen LogP contribution is -2.42. The summed E-state index contributed by atoms with van der Waals surface area (Å²) in [7, 11) is 0. The molecule has 1 aromatic rings. The van der Waals surface area contributed by atoms with Gasteiger partial charge < -0.3 is 26.8 Å². The van der Waals surface area contributed by atoms with Crippen molar-refractivity contribution in [1.82, 2.24) is 10.2 Å². The SMILES string of the molecule is C/C(N)=C1\NC=C(N2CCC(C)(O)CC2)C=C1C(N)=NCc1cccc(C(F)(F)F)c1C. The van der Waals surface area contributed by atoms with Crippen LogP contribution in [-0.2, 0) is 12.7 Å². The fraction of sp³-hybridized carbons (Fsp3) is 0.435. The topological polar surface area (TPSA) is 99.9 Å². The number of piperidine rings is 1. The van der Waals surface area contributed by atoms with Gasteiger partial charge in [0.05, 0.1) is 29.1 Å². The number of allylic oxidation sites excluding steroid dienone is 2. The molecule has 0 aromatic heterocycles. The summed E-state index contributed by atoms with van der Waals surface area (Å²) in [4.78, 5) is 6.52. The van der Waals surface area contributed by atoms with Crippen molar-refractivity contribution in [2.45, 2.75) is 51.9 Å². The van der Waals surface area contributed by atoms with Crippen LogP contribution in [0.25, 0.3) is 0 Å². The van der Waals surface area contributed by atoms with Crippen molar-refractivity contribution in [2.75, 3.05) is 13.1 Å². The smallest absolute Gasteiger partial charge is 0.401 e. The molecule has 6 N–H and O–H groups in total. The van der Waals surface area contributed by atoms with Crippen LogP contribution in [0.2, 0.25) is 0 Å². The maximum absolute atomic E-state index is 13.2. The Labute approximate surface area is 186 Å². The maximum atomic E-state index is 13.2. The Kier molecular flexibility index (Phi) is 6.59. The van der Waals surface area contributed by atoms with E-state index in [9.17, 15) is 18.3 Å². The molecule has 0 bridgehead atoms.